The van der Waals surface area contributed by atoms with Crippen molar-refractivity contribution in [2.75, 3.05) is 7.05 Å². The molecule has 5 rings (SSSR count). The summed E-state index contributed by atoms with van der Waals surface area (Å²) >= 11 is 6.03. The Morgan fingerprint density at radius 2 is 1.79 bits per heavy atom. The average molecular weight is 393 g/mol. The minimum absolute atomic E-state index is 0.333. The maximum absolute atomic E-state index is 6.03. The number of benzene rings is 2. The van der Waals surface area contributed by atoms with Crippen molar-refractivity contribution in [2.45, 2.75) is 50.1 Å². The molecule has 2 aromatic carbocycles. The standard InChI is InChI=1S/C24H25ClN2O/c1-15-3-5-16(6-4-15)20-13-19-11-12-22(27(19)2)24(20)23-14-21(26-28-23)17-7-9-18(25)10-8-17/h3-10,14,19-20,22,24H,11-13H2,1-2H3/t19-,20+,22-,24-/m0/s1. The molecule has 2 saturated heterocycles. The van der Waals surface area contributed by atoms with Gasteiger partial charge in [-0.3, -0.25) is 4.90 Å². The Labute approximate surface area is 171 Å². The van der Waals surface area contributed by atoms with Gasteiger partial charge in [0.25, 0.3) is 0 Å². The van der Waals surface area contributed by atoms with Crippen LogP contribution in [0.25, 0.3) is 11.3 Å². The van der Waals surface area contributed by atoms with Crippen LogP contribution in [0.2, 0.25) is 5.02 Å². The van der Waals surface area contributed by atoms with Gasteiger partial charge in [0, 0.05) is 34.7 Å². The van der Waals surface area contributed by atoms with Crippen molar-refractivity contribution >= 4 is 11.6 Å². The molecule has 0 amide bonds. The second-order valence-electron chi connectivity index (χ2n) is 8.36. The molecular weight excluding hydrogens is 368 g/mol. The highest BCUT2D eigenvalue weighted by Gasteiger charge is 2.48. The van der Waals surface area contributed by atoms with Crippen molar-refractivity contribution in [3.8, 4) is 11.3 Å². The van der Waals surface area contributed by atoms with Gasteiger partial charge < -0.3 is 4.52 Å². The van der Waals surface area contributed by atoms with E-state index in [-0.39, 0.29) is 0 Å². The summed E-state index contributed by atoms with van der Waals surface area (Å²) < 4.78 is 5.95. The topological polar surface area (TPSA) is 29.3 Å². The van der Waals surface area contributed by atoms with Crippen LogP contribution < -0.4 is 0 Å². The molecule has 28 heavy (non-hydrogen) atoms. The van der Waals surface area contributed by atoms with Gasteiger partial charge in [-0.2, -0.15) is 0 Å². The molecule has 3 heterocycles. The highest BCUT2D eigenvalue weighted by molar-refractivity contribution is 6.30. The number of piperidine rings is 1. The summed E-state index contributed by atoms with van der Waals surface area (Å²) in [6.07, 6.45) is 3.68. The molecular formula is C24H25ClN2O. The van der Waals surface area contributed by atoms with E-state index >= 15 is 0 Å². The fourth-order valence-electron chi connectivity index (χ4n) is 5.21. The highest BCUT2D eigenvalue weighted by Crippen LogP contribution is 2.51. The number of nitrogens with zero attached hydrogens (tertiary/aromatic N) is 2. The average Bonchev–Trinajstić information content (AvgIpc) is 3.26. The Balaban J connectivity index is 1.53. The lowest BCUT2D eigenvalue weighted by Crippen LogP contribution is -2.44. The molecule has 2 fully saturated rings. The number of aromatic nitrogens is 1. The molecule has 144 valence electrons. The summed E-state index contributed by atoms with van der Waals surface area (Å²) in [5, 5.41) is 5.14. The SMILES string of the molecule is Cc1ccc([C@H]2C[C@@H]3CC[C@@H]([C@H]2c2cc(-c4ccc(Cl)cc4)no2)N3C)cc1. The van der Waals surface area contributed by atoms with E-state index in [2.05, 4.69) is 54.4 Å². The summed E-state index contributed by atoms with van der Waals surface area (Å²) in [7, 11) is 2.27. The van der Waals surface area contributed by atoms with Crippen LogP contribution in [0.1, 0.15) is 48.0 Å². The van der Waals surface area contributed by atoms with Crippen molar-refractivity contribution in [2.24, 2.45) is 0 Å². The minimum Gasteiger partial charge on any atom is -0.360 e. The lowest BCUT2D eigenvalue weighted by atomic mass is 9.74. The molecule has 0 N–H and O–H groups in total. The van der Waals surface area contributed by atoms with Gasteiger partial charge in [-0.05, 0) is 56.8 Å². The zero-order valence-electron chi connectivity index (χ0n) is 16.3. The molecule has 0 saturated carbocycles. The quantitative estimate of drug-likeness (QED) is 0.544. The van der Waals surface area contributed by atoms with Gasteiger partial charge in [-0.15, -0.1) is 0 Å². The predicted octanol–water partition coefficient (Wildman–Crippen LogP) is 6.04. The first-order valence-electron chi connectivity index (χ1n) is 10.1. The Hall–Kier alpha value is -2.10. The number of hydrogen-bond acceptors (Lipinski definition) is 3. The molecule has 3 nitrogen and oxygen atoms in total. The smallest absolute Gasteiger partial charge is 0.142 e. The third-order valence-corrected chi connectivity index (χ3v) is 7.02. The molecule has 3 aromatic rings. The predicted molar refractivity (Wildman–Crippen MR) is 113 cm³/mol. The monoisotopic (exact) mass is 392 g/mol. The lowest BCUT2D eigenvalue weighted by Gasteiger charge is -2.42. The van der Waals surface area contributed by atoms with Crippen LogP contribution in [0.5, 0.6) is 0 Å². The summed E-state index contributed by atoms with van der Waals surface area (Å²) in [6.45, 7) is 2.15. The summed E-state index contributed by atoms with van der Waals surface area (Å²) in [4.78, 5) is 2.57. The Kier molecular flexibility index (Phi) is 4.53. The van der Waals surface area contributed by atoms with Crippen LogP contribution in [-0.2, 0) is 0 Å². The summed E-state index contributed by atoms with van der Waals surface area (Å²) in [5.41, 5.74) is 4.66. The van der Waals surface area contributed by atoms with Crippen LogP contribution in [0.15, 0.2) is 59.1 Å². The number of hydrogen-bond donors (Lipinski definition) is 0. The van der Waals surface area contributed by atoms with E-state index in [1.807, 2.05) is 24.3 Å². The van der Waals surface area contributed by atoms with Crippen molar-refractivity contribution in [3.63, 3.8) is 0 Å². The minimum atomic E-state index is 0.333. The third-order valence-electron chi connectivity index (χ3n) is 6.77. The zero-order valence-corrected chi connectivity index (χ0v) is 17.1. The lowest BCUT2D eigenvalue weighted by molar-refractivity contribution is 0.122. The summed E-state index contributed by atoms with van der Waals surface area (Å²) in [5.74, 6) is 1.81. The molecule has 0 unspecified atom stereocenters. The number of rotatable bonds is 3. The first-order chi connectivity index (χ1) is 13.6. The zero-order chi connectivity index (χ0) is 19.3. The van der Waals surface area contributed by atoms with Crippen LogP contribution >= 0.6 is 11.6 Å². The molecule has 2 aliphatic rings. The number of likely N-dealkylation sites (N-methyl/N-ethyl adjacent to an activating group) is 1. The molecule has 2 bridgehead atoms. The molecule has 4 atom stereocenters. The van der Waals surface area contributed by atoms with E-state index < -0.39 is 0 Å². The Morgan fingerprint density at radius 3 is 2.54 bits per heavy atom. The van der Waals surface area contributed by atoms with Gasteiger partial charge in [0.1, 0.15) is 11.5 Å². The van der Waals surface area contributed by atoms with Gasteiger partial charge in [0.15, 0.2) is 0 Å². The van der Waals surface area contributed by atoms with Gasteiger partial charge in [0.2, 0.25) is 0 Å². The van der Waals surface area contributed by atoms with Crippen LogP contribution in [-0.4, -0.2) is 29.2 Å². The van der Waals surface area contributed by atoms with Gasteiger partial charge in [0.05, 0.1) is 0 Å². The molecule has 0 aliphatic carbocycles. The van der Waals surface area contributed by atoms with E-state index in [0.29, 0.717) is 23.9 Å². The first kappa shape index (κ1) is 18.0. The largest absolute Gasteiger partial charge is 0.360 e. The van der Waals surface area contributed by atoms with Crippen molar-refractivity contribution in [1.82, 2.24) is 10.1 Å². The molecule has 2 aliphatic heterocycles. The maximum atomic E-state index is 6.03. The fourth-order valence-corrected chi connectivity index (χ4v) is 5.34. The third kappa shape index (κ3) is 3.07. The van der Waals surface area contributed by atoms with Crippen molar-refractivity contribution in [3.05, 3.63) is 76.5 Å². The van der Waals surface area contributed by atoms with E-state index in [1.54, 1.807) is 0 Å². The maximum Gasteiger partial charge on any atom is 0.142 e. The molecule has 0 radical (unpaired) electrons. The van der Waals surface area contributed by atoms with E-state index in [1.165, 1.54) is 30.4 Å². The Bertz CT molecular complexity index is 963. The van der Waals surface area contributed by atoms with E-state index in [4.69, 9.17) is 16.1 Å². The fraction of sp³-hybridized carbons (Fsp3) is 0.375. The molecule has 1 aromatic heterocycles. The number of halogens is 1. The normalized spacial score (nSPS) is 27.2. The van der Waals surface area contributed by atoms with Crippen LogP contribution in [0.3, 0.4) is 0 Å². The van der Waals surface area contributed by atoms with Crippen molar-refractivity contribution in [1.29, 1.82) is 0 Å². The second-order valence-corrected chi connectivity index (χ2v) is 8.80. The molecule has 4 heteroatoms. The van der Waals surface area contributed by atoms with Crippen molar-refractivity contribution < 1.29 is 4.52 Å². The van der Waals surface area contributed by atoms with Crippen LogP contribution in [0, 0.1) is 6.92 Å². The number of fused-ring (bicyclic) bond motifs is 2. The van der Waals surface area contributed by atoms with Gasteiger partial charge in [-0.1, -0.05) is 58.7 Å². The number of aryl methyl sites for hydroxylation is 1. The second kappa shape index (κ2) is 7.06. The highest BCUT2D eigenvalue weighted by atomic mass is 35.5. The van der Waals surface area contributed by atoms with E-state index in [9.17, 15) is 0 Å². The van der Waals surface area contributed by atoms with E-state index in [0.717, 1.165) is 22.0 Å². The van der Waals surface area contributed by atoms with Gasteiger partial charge >= 0.3 is 0 Å². The first-order valence-corrected chi connectivity index (χ1v) is 10.5. The summed E-state index contributed by atoms with van der Waals surface area (Å²) in [6, 6.07) is 20.2. The Morgan fingerprint density at radius 1 is 1.04 bits per heavy atom. The molecule has 0 spiro atoms. The van der Waals surface area contributed by atoms with Gasteiger partial charge in [-0.25, -0.2) is 0 Å². The van der Waals surface area contributed by atoms with Crippen LogP contribution in [0.4, 0.5) is 0 Å².